The molecule has 1 aliphatic heterocycles. The summed E-state index contributed by atoms with van der Waals surface area (Å²) >= 11 is 1.81. The number of carbonyl (C=O) groups is 2. The summed E-state index contributed by atoms with van der Waals surface area (Å²) in [5.74, 6) is 1.04. The molecule has 1 heterocycles. The number of hydrogen-bond acceptors (Lipinski definition) is 7. The summed E-state index contributed by atoms with van der Waals surface area (Å²) < 4.78 is 23.7. The first-order valence-corrected chi connectivity index (χ1v) is 12.4. The second-order valence-corrected chi connectivity index (χ2v) is 10.4. The summed E-state index contributed by atoms with van der Waals surface area (Å²) in [6.45, 7) is 3.11. The molecule has 1 fully saturated rings. The molecule has 31 heavy (non-hydrogen) atoms. The van der Waals surface area contributed by atoms with Crippen molar-refractivity contribution in [3.05, 3.63) is 63.2 Å². The predicted octanol–water partition coefficient (Wildman–Crippen LogP) is 2.75. The quantitative estimate of drug-likeness (QED) is 0.533. The van der Waals surface area contributed by atoms with Crippen molar-refractivity contribution in [3.63, 3.8) is 0 Å². The highest BCUT2D eigenvalue weighted by atomic mass is 32.2. The number of carbonyl (C=O) groups excluding carboxylic acids is 2. The van der Waals surface area contributed by atoms with E-state index in [-0.39, 0.29) is 16.4 Å². The first kappa shape index (κ1) is 22.8. The monoisotopic (exact) mass is 463 g/mol. The number of nitrogens with one attached hydrogen (secondary N) is 1. The van der Waals surface area contributed by atoms with Crippen LogP contribution in [0.2, 0.25) is 0 Å². The molecule has 0 bridgehead atoms. The van der Waals surface area contributed by atoms with E-state index >= 15 is 0 Å². The average molecular weight is 464 g/mol. The fraction of sp³-hybridized carbons (Fsp3) is 0.300. The third-order valence-corrected chi connectivity index (χ3v) is 6.85. The zero-order chi connectivity index (χ0) is 22.8. The van der Waals surface area contributed by atoms with Crippen LogP contribution in [0.4, 0.5) is 11.4 Å². The number of non-ortho nitro benzene ring substituents is 1. The van der Waals surface area contributed by atoms with Gasteiger partial charge in [0.1, 0.15) is 0 Å². The number of amides is 2. The third kappa shape index (κ3) is 5.42. The van der Waals surface area contributed by atoms with E-state index in [1.54, 1.807) is 41.8 Å². The molecule has 1 aliphatic rings. The number of thioether (sulfide) groups is 1. The minimum absolute atomic E-state index is 0.0715. The minimum Gasteiger partial charge on any atom is -0.337 e. The number of anilines is 1. The molecule has 0 atom stereocenters. The molecule has 1 saturated heterocycles. The fourth-order valence-electron chi connectivity index (χ4n) is 3.11. The van der Waals surface area contributed by atoms with Crippen LogP contribution in [0.1, 0.15) is 26.3 Å². The topological polar surface area (TPSA) is 127 Å². The largest absolute Gasteiger partial charge is 0.337 e. The molecule has 0 aromatic heterocycles. The standard InChI is InChI=1S/C20H21N3O6S2/c1-13-9-14(20(25)22-5-7-30-8-6-22)3-4-18(13)21-19(24)15-10-16(23(26)27)12-17(11-15)31(2,28)29/h3-4,9-12H,5-8H2,1-2H3,(H,21,24). The van der Waals surface area contributed by atoms with Crippen molar-refractivity contribution in [1.29, 1.82) is 0 Å². The molecule has 2 aromatic carbocycles. The summed E-state index contributed by atoms with van der Waals surface area (Å²) in [6.07, 6.45) is 0.911. The Kier molecular flexibility index (Phi) is 6.65. The van der Waals surface area contributed by atoms with Gasteiger partial charge in [-0.05, 0) is 36.8 Å². The van der Waals surface area contributed by atoms with Crippen LogP contribution in [0.3, 0.4) is 0 Å². The van der Waals surface area contributed by atoms with E-state index in [1.165, 1.54) is 0 Å². The Morgan fingerprint density at radius 3 is 2.35 bits per heavy atom. The molecule has 11 heteroatoms. The fourth-order valence-corrected chi connectivity index (χ4v) is 4.69. The lowest BCUT2D eigenvalue weighted by Crippen LogP contribution is -2.37. The van der Waals surface area contributed by atoms with E-state index in [1.807, 2.05) is 0 Å². The lowest BCUT2D eigenvalue weighted by atomic mass is 10.1. The first-order valence-electron chi connectivity index (χ1n) is 9.35. The molecule has 3 rings (SSSR count). The van der Waals surface area contributed by atoms with Crippen molar-refractivity contribution in [3.8, 4) is 0 Å². The molecule has 9 nitrogen and oxygen atoms in total. The Morgan fingerprint density at radius 2 is 1.77 bits per heavy atom. The van der Waals surface area contributed by atoms with E-state index in [0.29, 0.717) is 29.9 Å². The molecular weight excluding hydrogens is 442 g/mol. The Hall–Kier alpha value is -2.92. The van der Waals surface area contributed by atoms with Crippen molar-refractivity contribution >= 4 is 44.8 Å². The van der Waals surface area contributed by atoms with Crippen LogP contribution in [0, 0.1) is 17.0 Å². The first-order chi connectivity index (χ1) is 14.6. The van der Waals surface area contributed by atoms with Crippen molar-refractivity contribution in [1.82, 2.24) is 4.90 Å². The third-order valence-electron chi connectivity index (χ3n) is 4.81. The normalized spacial score (nSPS) is 14.2. The number of nitro groups is 1. The number of sulfone groups is 1. The summed E-state index contributed by atoms with van der Waals surface area (Å²) in [5.41, 5.74) is 0.921. The van der Waals surface area contributed by atoms with E-state index < -0.39 is 26.4 Å². The smallest absolute Gasteiger partial charge is 0.271 e. The predicted molar refractivity (Wildman–Crippen MR) is 119 cm³/mol. The second kappa shape index (κ2) is 9.06. The summed E-state index contributed by atoms with van der Waals surface area (Å²) in [5, 5.41) is 13.8. The van der Waals surface area contributed by atoms with Crippen molar-refractivity contribution in [2.75, 3.05) is 36.2 Å². The molecule has 0 unspecified atom stereocenters. The Bertz CT molecular complexity index is 1160. The lowest BCUT2D eigenvalue weighted by molar-refractivity contribution is -0.385. The van der Waals surface area contributed by atoms with Gasteiger partial charge < -0.3 is 10.2 Å². The maximum Gasteiger partial charge on any atom is 0.271 e. The Labute approximate surface area is 183 Å². The number of nitrogens with zero attached hydrogens (tertiary/aromatic N) is 2. The highest BCUT2D eigenvalue weighted by molar-refractivity contribution is 7.99. The number of nitro benzene ring substituents is 1. The van der Waals surface area contributed by atoms with E-state index in [4.69, 9.17) is 0 Å². The highest BCUT2D eigenvalue weighted by Crippen LogP contribution is 2.24. The van der Waals surface area contributed by atoms with E-state index in [0.717, 1.165) is 36.0 Å². The van der Waals surface area contributed by atoms with Crippen LogP contribution in [0.5, 0.6) is 0 Å². The van der Waals surface area contributed by atoms with Crippen LogP contribution in [0.15, 0.2) is 41.3 Å². The van der Waals surface area contributed by atoms with Crippen LogP contribution in [-0.2, 0) is 9.84 Å². The molecule has 1 N–H and O–H groups in total. The maximum atomic E-state index is 12.7. The van der Waals surface area contributed by atoms with Crippen LogP contribution in [0.25, 0.3) is 0 Å². The number of aryl methyl sites for hydroxylation is 1. The molecule has 0 saturated carbocycles. The molecule has 0 aliphatic carbocycles. The van der Waals surface area contributed by atoms with Crippen LogP contribution >= 0.6 is 11.8 Å². The van der Waals surface area contributed by atoms with Gasteiger partial charge >= 0.3 is 0 Å². The number of benzene rings is 2. The van der Waals surface area contributed by atoms with Crippen molar-refractivity contribution < 1.29 is 22.9 Å². The van der Waals surface area contributed by atoms with Crippen molar-refractivity contribution in [2.24, 2.45) is 0 Å². The zero-order valence-corrected chi connectivity index (χ0v) is 18.6. The van der Waals surface area contributed by atoms with Gasteiger partial charge in [-0.15, -0.1) is 0 Å². The molecule has 0 spiro atoms. The molecule has 2 amide bonds. The van der Waals surface area contributed by atoms with Gasteiger partial charge in [0.2, 0.25) is 0 Å². The Balaban J connectivity index is 1.84. The summed E-state index contributed by atoms with van der Waals surface area (Å²) in [6, 6.07) is 7.91. The summed E-state index contributed by atoms with van der Waals surface area (Å²) in [4.78, 5) is 37.2. The van der Waals surface area contributed by atoms with E-state index in [9.17, 15) is 28.1 Å². The van der Waals surface area contributed by atoms with Gasteiger partial charge in [-0.1, -0.05) is 0 Å². The summed E-state index contributed by atoms with van der Waals surface area (Å²) in [7, 11) is -3.75. The SMILES string of the molecule is Cc1cc(C(=O)N2CCSCC2)ccc1NC(=O)c1cc([N+](=O)[O-])cc(S(C)(=O)=O)c1. The molecular formula is C20H21N3O6S2. The molecule has 2 aromatic rings. The van der Waals surface area contributed by atoms with Gasteiger partial charge in [-0.2, -0.15) is 11.8 Å². The minimum atomic E-state index is -3.75. The van der Waals surface area contributed by atoms with Crippen LogP contribution < -0.4 is 5.32 Å². The molecule has 0 radical (unpaired) electrons. The van der Waals surface area contributed by atoms with E-state index in [2.05, 4.69) is 5.32 Å². The van der Waals surface area contributed by atoms with Crippen molar-refractivity contribution in [2.45, 2.75) is 11.8 Å². The number of hydrogen-bond donors (Lipinski definition) is 1. The van der Waals surface area contributed by atoms with Gasteiger partial charge in [0, 0.05) is 59.8 Å². The zero-order valence-electron chi connectivity index (χ0n) is 17.0. The highest BCUT2D eigenvalue weighted by Gasteiger charge is 2.21. The van der Waals surface area contributed by atoms with Gasteiger partial charge in [-0.3, -0.25) is 19.7 Å². The lowest BCUT2D eigenvalue weighted by Gasteiger charge is -2.26. The Morgan fingerprint density at radius 1 is 1.10 bits per heavy atom. The van der Waals surface area contributed by atoms with Gasteiger partial charge in [-0.25, -0.2) is 8.42 Å². The maximum absolute atomic E-state index is 12.7. The second-order valence-electron chi connectivity index (χ2n) is 7.13. The average Bonchev–Trinajstić information content (AvgIpc) is 2.74. The van der Waals surface area contributed by atoms with Gasteiger partial charge in [0.05, 0.1) is 9.82 Å². The molecule has 164 valence electrons. The van der Waals surface area contributed by atoms with Crippen LogP contribution in [-0.4, -0.2) is 60.9 Å². The number of rotatable bonds is 5. The van der Waals surface area contributed by atoms with Gasteiger partial charge in [0.25, 0.3) is 17.5 Å². The van der Waals surface area contributed by atoms with Gasteiger partial charge in [0.15, 0.2) is 9.84 Å².